The van der Waals surface area contributed by atoms with Crippen molar-refractivity contribution in [2.75, 3.05) is 11.9 Å². The number of carbonyl (C=O) groups excluding carboxylic acids is 1. The number of aryl methyl sites for hydroxylation is 2. The normalized spacial score (nSPS) is 10.5. The average molecular weight is 259 g/mol. The van der Waals surface area contributed by atoms with Gasteiger partial charge in [-0.2, -0.15) is 5.10 Å². The van der Waals surface area contributed by atoms with Gasteiger partial charge < -0.3 is 10.0 Å². The van der Waals surface area contributed by atoms with E-state index in [1.54, 1.807) is 49.1 Å². The van der Waals surface area contributed by atoms with Crippen LogP contribution in [0.25, 0.3) is 0 Å². The van der Waals surface area contributed by atoms with Gasteiger partial charge in [-0.15, -0.1) is 0 Å². The van der Waals surface area contributed by atoms with Crippen LogP contribution in [0, 0.1) is 0 Å². The summed E-state index contributed by atoms with van der Waals surface area (Å²) in [6.45, 7) is 2.00. The van der Waals surface area contributed by atoms with E-state index in [9.17, 15) is 9.90 Å². The number of amides is 1. The Morgan fingerprint density at radius 2 is 2.16 bits per heavy atom. The lowest BCUT2D eigenvalue weighted by Crippen LogP contribution is -2.28. The number of anilines is 1. The molecule has 0 atom stereocenters. The third-order valence-corrected chi connectivity index (χ3v) is 3.03. The second kappa shape index (κ2) is 5.14. The Hall–Kier alpha value is -2.30. The van der Waals surface area contributed by atoms with Crippen LogP contribution in [0.3, 0.4) is 0 Å². The Morgan fingerprint density at radius 3 is 2.74 bits per heavy atom. The van der Waals surface area contributed by atoms with Crippen molar-refractivity contribution in [1.29, 1.82) is 0 Å². The quantitative estimate of drug-likeness (QED) is 0.916. The fourth-order valence-electron chi connectivity index (χ4n) is 1.89. The summed E-state index contributed by atoms with van der Waals surface area (Å²) < 4.78 is 1.58. The lowest BCUT2D eigenvalue weighted by atomic mass is 10.2. The van der Waals surface area contributed by atoms with Gasteiger partial charge in [0.15, 0.2) is 0 Å². The number of benzene rings is 1. The monoisotopic (exact) mass is 259 g/mol. The molecule has 1 heterocycles. The number of aromatic nitrogens is 2. The molecule has 0 saturated carbocycles. The van der Waals surface area contributed by atoms with E-state index >= 15 is 0 Å². The number of aromatic hydroxyl groups is 1. The maximum absolute atomic E-state index is 12.4. The molecule has 0 bridgehead atoms. The molecule has 100 valence electrons. The molecule has 0 aliphatic heterocycles. The van der Waals surface area contributed by atoms with Gasteiger partial charge in [-0.25, -0.2) is 0 Å². The van der Waals surface area contributed by atoms with Crippen molar-refractivity contribution in [3.8, 4) is 5.75 Å². The summed E-state index contributed by atoms with van der Waals surface area (Å²) in [5, 5.41) is 13.7. The second-order valence-corrected chi connectivity index (χ2v) is 4.38. The first-order valence-corrected chi connectivity index (χ1v) is 6.13. The third-order valence-electron chi connectivity index (χ3n) is 3.03. The zero-order chi connectivity index (χ0) is 14.0. The highest BCUT2D eigenvalue weighted by Crippen LogP contribution is 2.20. The number of carbonyl (C=O) groups is 1. The molecule has 1 amide bonds. The number of hydrogen-bond donors (Lipinski definition) is 1. The highest BCUT2D eigenvalue weighted by Gasteiger charge is 2.18. The van der Waals surface area contributed by atoms with Crippen LogP contribution in [-0.4, -0.2) is 27.8 Å². The van der Waals surface area contributed by atoms with Crippen molar-refractivity contribution < 1.29 is 9.90 Å². The van der Waals surface area contributed by atoms with E-state index in [0.29, 0.717) is 11.4 Å². The minimum absolute atomic E-state index is 0.136. The summed E-state index contributed by atoms with van der Waals surface area (Å²) >= 11 is 0. The molecule has 0 spiro atoms. The van der Waals surface area contributed by atoms with Crippen LogP contribution in [-0.2, 0) is 13.5 Å². The van der Waals surface area contributed by atoms with Gasteiger partial charge in [0.25, 0.3) is 5.91 Å². The van der Waals surface area contributed by atoms with Gasteiger partial charge in [0.2, 0.25) is 0 Å². The van der Waals surface area contributed by atoms with Crippen molar-refractivity contribution in [3.05, 3.63) is 41.7 Å². The van der Waals surface area contributed by atoms with Gasteiger partial charge >= 0.3 is 0 Å². The van der Waals surface area contributed by atoms with Crippen molar-refractivity contribution >= 4 is 11.6 Å². The molecule has 2 rings (SSSR count). The Balaban J connectivity index is 2.30. The maximum atomic E-state index is 12.4. The van der Waals surface area contributed by atoms with Crippen LogP contribution in [0.2, 0.25) is 0 Å². The molecule has 0 fully saturated rings. The molecule has 0 radical (unpaired) electrons. The molecule has 0 aliphatic carbocycles. The highest BCUT2D eigenvalue weighted by atomic mass is 16.3. The zero-order valence-electron chi connectivity index (χ0n) is 11.3. The summed E-state index contributed by atoms with van der Waals surface area (Å²) in [6.07, 6.45) is 0.789. The maximum Gasteiger partial charge on any atom is 0.276 e. The second-order valence-electron chi connectivity index (χ2n) is 4.38. The third kappa shape index (κ3) is 2.59. The molecule has 0 aliphatic rings. The van der Waals surface area contributed by atoms with E-state index < -0.39 is 0 Å². The molecular weight excluding hydrogens is 242 g/mol. The van der Waals surface area contributed by atoms with E-state index in [2.05, 4.69) is 5.10 Å². The number of phenols is 1. The average Bonchev–Trinajstić information content (AvgIpc) is 2.78. The Morgan fingerprint density at radius 1 is 1.42 bits per heavy atom. The Labute approximate surface area is 112 Å². The molecule has 19 heavy (non-hydrogen) atoms. The minimum Gasteiger partial charge on any atom is -0.508 e. The molecule has 1 N–H and O–H groups in total. The molecule has 1 aromatic carbocycles. The van der Waals surface area contributed by atoms with E-state index in [4.69, 9.17) is 0 Å². The van der Waals surface area contributed by atoms with Crippen LogP contribution in [0.15, 0.2) is 30.3 Å². The highest BCUT2D eigenvalue weighted by molar-refractivity contribution is 6.04. The van der Waals surface area contributed by atoms with E-state index in [1.807, 2.05) is 6.92 Å². The van der Waals surface area contributed by atoms with Crippen LogP contribution >= 0.6 is 0 Å². The van der Waals surface area contributed by atoms with Gasteiger partial charge in [-0.3, -0.25) is 9.48 Å². The van der Waals surface area contributed by atoms with Crippen molar-refractivity contribution in [2.24, 2.45) is 7.05 Å². The number of rotatable bonds is 3. The van der Waals surface area contributed by atoms with E-state index in [0.717, 1.165) is 12.1 Å². The van der Waals surface area contributed by atoms with Gasteiger partial charge in [0, 0.05) is 25.8 Å². The summed E-state index contributed by atoms with van der Waals surface area (Å²) in [6, 6.07) is 8.39. The Bertz CT molecular complexity index is 604. The predicted octanol–water partition coefficient (Wildman–Crippen LogP) is 1.96. The Kier molecular flexibility index (Phi) is 3.55. The SMILES string of the molecule is CCc1cc(C(=O)N(C)c2cccc(O)c2)n(C)n1. The fraction of sp³-hybridized carbons (Fsp3) is 0.286. The molecule has 2 aromatic rings. The largest absolute Gasteiger partial charge is 0.508 e. The summed E-state index contributed by atoms with van der Waals surface area (Å²) in [7, 11) is 3.43. The smallest absolute Gasteiger partial charge is 0.276 e. The van der Waals surface area contributed by atoms with Crippen LogP contribution in [0.1, 0.15) is 23.1 Å². The van der Waals surface area contributed by atoms with Gasteiger partial charge in [-0.1, -0.05) is 13.0 Å². The first kappa shape index (κ1) is 13.1. The first-order chi connectivity index (χ1) is 9.02. The van der Waals surface area contributed by atoms with Gasteiger partial charge in [0.1, 0.15) is 11.4 Å². The standard InChI is InChI=1S/C14H17N3O2/c1-4-10-8-13(17(3)15-10)14(19)16(2)11-6-5-7-12(18)9-11/h5-9,18H,4H2,1-3H3. The first-order valence-electron chi connectivity index (χ1n) is 6.13. The lowest BCUT2D eigenvalue weighted by molar-refractivity contribution is 0.0984. The van der Waals surface area contributed by atoms with Gasteiger partial charge in [0.05, 0.1) is 5.69 Å². The van der Waals surface area contributed by atoms with Crippen molar-refractivity contribution in [2.45, 2.75) is 13.3 Å². The van der Waals surface area contributed by atoms with Crippen LogP contribution in [0.5, 0.6) is 5.75 Å². The topological polar surface area (TPSA) is 58.4 Å². The molecular formula is C14H17N3O2. The van der Waals surface area contributed by atoms with Crippen molar-refractivity contribution in [1.82, 2.24) is 9.78 Å². The zero-order valence-corrected chi connectivity index (χ0v) is 11.3. The van der Waals surface area contributed by atoms with Gasteiger partial charge in [-0.05, 0) is 24.6 Å². The van der Waals surface area contributed by atoms with Crippen LogP contribution in [0.4, 0.5) is 5.69 Å². The predicted molar refractivity (Wildman–Crippen MR) is 73.4 cm³/mol. The molecule has 5 heteroatoms. The fourth-order valence-corrected chi connectivity index (χ4v) is 1.89. The molecule has 0 unspecified atom stereocenters. The van der Waals surface area contributed by atoms with E-state index in [-0.39, 0.29) is 11.7 Å². The minimum atomic E-state index is -0.152. The van der Waals surface area contributed by atoms with Crippen molar-refractivity contribution in [3.63, 3.8) is 0 Å². The number of phenolic OH excluding ortho intramolecular Hbond substituents is 1. The number of hydrogen-bond acceptors (Lipinski definition) is 3. The summed E-state index contributed by atoms with van der Waals surface area (Å²) in [5.41, 5.74) is 2.06. The lowest BCUT2D eigenvalue weighted by Gasteiger charge is -2.17. The molecule has 1 aromatic heterocycles. The van der Waals surface area contributed by atoms with Crippen LogP contribution < -0.4 is 4.90 Å². The molecule has 0 saturated heterocycles. The number of nitrogens with zero attached hydrogens (tertiary/aromatic N) is 3. The van der Waals surface area contributed by atoms with E-state index in [1.165, 1.54) is 4.90 Å². The molecule has 5 nitrogen and oxygen atoms in total. The summed E-state index contributed by atoms with van der Waals surface area (Å²) in [5.74, 6) is -0.0169. The summed E-state index contributed by atoms with van der Waals surface area (Å²) in [4.78, 5) is 13.9.